The van der Waals surface area contributed by atoms with Gasteiger partial charge >= 0.3 is 0 Å². The molecule has 10 aromatic rings. The highest BCUT2D eigenvalue weighted by molar-refractivity contribution is 6.12. The van der Waals surface area contributed by atoms with E-state index in [2.05, 4.69) is 118 Å². The Labute approximate surface area is 244 Å². The summed E-state index contributed by atoms with van der Waals surface area (Å²) < 4.78 is 11.0. The summed E-state index contributed by atoms with van der Waals surface area (Å²) in [4.78, 5) is 10.3. The maximum Gasteiger partial charge on any atom is 0.182 e. The van der Waals surface area contributed by atoms with Crippen molar-refractivity contribution in [3.05, 3.63) is 133 Å². The Balaban J connectivity index is 1.45. The van der Waals surface area contributed by atoms with E-state index in [0.29, 0.717) is 0 Å². The second-order valence-corrected chi connectivity index (χ2v) is 11.0. The van der Waals surface area contributed by atoms with Gasteiger partial charge in [-0.3, -0.25) is 8.80 Å². The van der Waals surface area contributed by atoms with Crippen molar-refractivity contribution in [3.8, 4) is 11.1 Å². The topological polar surface area (TPSA) is 47.7 Å². The van der Waals surface area contributed by atoms with E-state index < -0.39 is 0 Å². The molecule has 0 unspecified atom stereocenters. The Bertz CT molecular complexity index is 2800. The molecule has 0 bridgehead atoms. The number of rotatable bonds is 1. The van der Waals surface area contributed by atoms with Gasteiger partial charge in [-0.25, -0.2) is 9.97 Å². The zero-order chi connectivity index (χ0) is 28.1. The molecule has 0 aliphatic rings. The predicted molar refractivity (Wildman–Crippen MR) is 175 cm³/mol. The molecule has 0 saturated heterocycles. The highest BCUT2D eigenvalue weighted by Gasteiger charge is 2.18. The lowest BCUT2D eigenvalue weighted by molar-refractivity contribution is 0.670. The van der Waals surface area contributed by atoms with Crippen LogP contribution in [0.25, 0.3) is 88.2 Å². The third kappa shape index (κ3) is 3.05. The van der Waals surface area contributed by atoms with Crippen LogP contribution < -0.4 is 0 Å². The molecule has 4 aromatic heterocycles. The molecule has 0 radical (unpaired) electrons. The first-order valence-electron chi connectivity index (χ1n) is 14.4. The minimum atomic E-state index is 0.820. The summed E-state index contributed by atoms with van der Waals surface area (Å²) in [5, 5.41) is 4.50. The molecule has 0 spiro atoms. The molecule has 0 fully saturated rings. The predicted octanol–water partition coefficient (Wildman–Crippen LogP) is 9.72. The van der Waals surface area contributed by atoms with Crippen LogP contribution in [0.1, 0.15) is 0 Å². The van der Waals surface area contributed by atoms with E-state index >= 15 is 0 Å². The summed E-state index contributed by atoms with van der Waals surface area (Å²) in [5.41, 5.74) is 11.7. The molecule has 4 heterocycles. The van der Waals surface area contributed by atoms with Gasteiger partial charge in [-0.2, -0.15) is 0 Å². The van der Waals surface area contributed by atoms with Crippen molar-refractivity contribution in [3.63, 3.8) is 0 Å². The van der Waals surface area contributed by atoms with Crippen molar-refractivity contribution in [2.24, 2.45) is 0 Å². The number of imidazole rings is 2. The van der Waals surface area contributed by atoms with Gasteiger partial charge in [0.2, 0.25) is 0 Å². The highest BCUT2D eigenvalue weighted by atomic mass is 16.3. The molecule has 0 amide bonds. The van der Waals surface area contributed by atoms with Crippen LogP contribution in [0, 0.1) is 0 Å². The minimum Gasteiger partial charge on any atom is -0.455 e. The lowest BCUT2D eigenvalue weighted by atomic mass is 9.99. The third-order valence-electron chi connectivity index (χ3n) is 8.71. The minimum absolute atomic E-state index is 0.820. The summed E-state index contributed by atoms with van der Waals surface area (Å²) in [6.45, 7) is 0. The SMILES string of the molecule is c1ccc2c(c1)nc1c3nc4ccccc4n3c3ccc(-c4cccc5c4oc4ccccc45)cc3c3ccccc3n21. The molecule has 5 heteroatoms. The zero-order valence-electron chi connectivity index (χ0n) is 22.9. The second kappa shape index (κ2) is 8.30. The molecule has 0 aliphatic carbocycles. The Morgan fingerprint density at radius 2 is 1.02 bits per heavy atom. The van der Waals surface area contributed by atoms with Gasteiger partial charge in [-0.15, -0.1) is 0 Å². The number of hydrogen-bond acceptors (Lipinski definition) is 3. The largest absolute Gasteiger partial charge is 0.455 e. The van der Waals surface area contributed by atoms with E-state index in [9.17, 15) is 0 Å². The first-order chi connectivity index (χ1) is 21.3. The van der Waals surface area contributed by atoms with Gasteiger partial charge in [0, 0.05) is 27.1 Å². The van der Waals surface area contributed by atoms with Crippen LogP contribution >= 0.6 is 0 Å². The number of benzene rings is 6. The number of nitrogens with zero attached hydrogens (tertiary/aromatic N) is 4. The van der Waals surface area contributed by atoms with Crippen LogP contribution in [-0.2, 0) is 0 Å². The first-order valence-corrected chi connectivity index (χ1v) is 14.4. The number of aromatic nitrogens is 4. The lowest BCUT2D eigenvalue weighted by Gasteiger charge is -2.10. The van der Waals surface area contributed by atoms with Gasteiger partial charge in [0.1, 0.15) is 11.2 Å². The maximum atomic E-state index is 6.45. The van der Waals surface area contributed by atoms with E-state index in [1.807, 2.05) is 24.3 Å². The average Bonchev–Trinajstić information content (AvgIpc) is 3.75. The van der Waals surface area contributed by atoms with Gasteiger partial charge in [-0.1, -0.05) is 84.9 Å². The van der Waals surface area contributed by atoms with Crippen LogP contribution in [0.4, 0.5) is 0 Å². The van der Waals surface area contributed by atoms with Crippen molar-refractivity contribution in [2.75, 3.05) is 0 Å². The molecular weight excluding hydrogens is 528 g/mol. The molecule has 200 valence electrons. The van der Waals surface area contributed by atoms with Crippen molar-refractivity contribution in [2.45, 2.75) is 0 Å². The highest BCUT2D eigenvalue weighted by Crippen LogP contribution is 2.38. The van der Waals surface area contributed by atoms with Gasteiger partial charge in [0.15, 0.2) is 11.3 Å². The van der Waals surface area contributed by atoms with Crippen LogP contribution in [-0.4, -0.2) is 18.8 Å². The quantitative estimate of drug-likeness (QED) is 0.204. The number of para-hydroxylation sites is 7. The van der Waals surface area contributed by atoms with Gasteiger partial charge in [-0.05, 0) is 54.1 Å². The normalized spacial score (nSPS) is 12.2. The Morgan fingerprint density at radius 1 is 0.442 bits per heavy atom. The van der Waals surface area contributed by atoms with Crippen molar-refractivity contribution in [1.29, 1.82) is 0 Å². The monoisotopic (exact) mass is 550 g/mol. The summed E-state index contributed by atoms with van der Waals surface area (Å²) in [6, 6.07) is 46.6. The maximum absolute atomic E-state index is 6.45. The third-order valence-corrected chi connectivity index (χ3v) is 8.71. The number of furan rings is 1. The van der Waals surface area contributed by atoms with Crippen molar-refractivity contribution in [1.82, 2.24) is 18.8 Å². The van der Waals surface area contributed by atoms with E-state index in [1.54, 1.807) is 0 Å². The summed E-state index contributed by atoms with van der Waals surface area (Å²) in [5.74, 6) is 0. The smallest absolute Gasteiger partial charge is 0.182 e. The molecular formula is C38H22N4O. The van der Waals surface area contributed by atoms with Crippen LogP contribution in [0.15, 0.2) is 138 Å². The lowest BCUT2D eigenvalue weighted by Crippen LogP contribution is -1.94. The fourth-order valence-electron chi connectivity index (χ4n) is 6.82. The van der Waals surface area contributed by atoms with E-state index in [-0.39, 0.29) is 0 Å². The number of hydrogen-bond donors (Lipinski definition) is 0. The molecule has 5 nitrogen and oxygen atoms in total. The molecule has 0 N–H and O–H groups in total. The molecule has 43 heavy (non-hydrogen) atoms. The Kier molecular flexibility index (Phi) is 4.39. The van der Waals surface area contributed by atoms with Crippen molar-refractivity contribution < 1.29 is 4.42 Å². The second-order valence-electron chi connectivity index (χ2n) is 11.0. The number of fused-ring (bicyclic) bond motifs is 15. The first kappa shape index (κ1) is 22.7. The van der Waals surface area contributed by atoms with Crippen molar-refractivity contribution >= 4 is 77.1 Å². The summed E-state index contributed by atoms with van der Waals surface area (Å²) >= 11 is 0. The molecule has 0 saturated carbocycles. The fraction of sp³-hybridized carbons (Fsp3) is 0. The summed E-state index contributed by atoms with van der Waals surface area (Å²) in [6.07, 6.45) is 0. The van der Waals surface area contributed by atoms with Crippen LogP contribution in [0.3, 0.4) is 0 Å². The molecule has 10 rings (SSSR count). The zero-order valence-corrected chi connectivity index (χ0v) is 22.9. The van der Waals surface area contributed by atoms with Crippen LogP contribution in [0.2, 0.25) is 0 Å². The Hall–Kier alpha value is -5.94. The van der Waals surface area contributed by atoms with Gasteiger partial charge in [0.05, 0.1) is 33.1 Å². The molecule has 0 aliphatic heterocycles. The van der Waals surface area contributed by atoms with Crippen LogP contribution in [0.5, 0.6) is 0 Å². The molecule has 0 atom stereocenters. The summed E-state index contributed by atoms with van der Waals surface area (Å²) in [7, 11) is 0. The average molecular weight is 551 g/mol. The van der Waals surface area contributed by atoms with E-state index in [0.717, 1.165) is 88.2 Å². The van der Waals surface area contributed by atoms with E-state index in [4.69, 9.17) is 14.4 Å². The van der Waals surface area contributed by atoms with Gasteiger partial charge < -0.3 is 4.42 Å². The standard InChI is InChI=1S/C38H22N4O/c1-5-16-31-25(10-1)28-22-23(24-12-9-13-27-26-11-2-8-19-35(26)43-36(24)27)20-21-32(28)42-34-18-7-4-15-30(34)40-38(42)37-39-29-14-3-6-17-33(29)41(31)37/h1-22H. The Morgan fingerprint density at radius 3 is 1.77 bits per heavy atom. The van der Waals surface area contributed by atoms with Gasteiger partial charge in [0.25, 0.3) is 0 Å². The fourth-order valence-corrected chi connectivity index (χ4v) is 6.82. The van der Waals surface area contributed by atoms with E-state index in [1.165, 1.54) is 0 Å². The molecule has 6 aromatic carbocycles.